The van der Waals surface area contributed by atoms with E-state index in [-0.39, 0.29) is 37.5 Å². The first-order chi connectivity index (χ1) is 10.1. The summed E-state index contributed by atoms with van der Waals surface area (Å²) in [5.74, 6) is -1.35. The molecule has 2 N–H and O–H groups in total. The Balaban J connectivity index is 1.69. The number of nitrogens with one attached hydrogen (secondary N) is 1. The first kappa shape index (κ1) is 15.5. The second-order valence-corrected chi connectivity index (χ2v) is 4.94. The van der Waals surface area contributed by atoms with Crippen molar-refractivity contribution in [3.8, 4) is 5.75 Å². The van der Waals surface area contributed by atoms with Gasteiger partial charge in [-0.1, -0.05) is 0 Å². The first-order valence-corrected chi connectivity index (χ1v) is 6.81. The molecule has 0 spiro atoms. The van der Waals surface area contributed by atoms with E-state index in [4.69, 9.17) is 9.84 Å². The summed E-state index contributed by atoms with van der Waals surface area (Å²) in [6.07, 6.45) is 0.793. The van der Waals surface area contributed by atoms with E-state index >= 15 is 0 Å². The average molecular weight is 300 g/mol. The summed E-state index contributed by atoms with van der Waals surface area (Å²) in [7, 11) is 0. The number of nitrogens with zero attached hydrogens (tertiary/aromatic N) is 1. The Hall–Kier alpha value is -1.89. The molecule has 0 radical (unpaired) electrons. The second kappa shape index (κ2) is 7.21. The largest absolute Gasteiger partial charge is 0.489 e. The van der Waals surface area contributed by atoms with Crippen LogP contribution in [0.1, 0.15) is 6.42 Å². The van der Waals surface area contributed by atoms with E-state index in [1.165, 1.54) is 6.07 Å². The lowest BCUT2D eigenvalue weighted by atomic mass is 10.1. The van der Waals surface area contributed by atoms with Gasteiger partial charge in [0.1, 0.15) is 12.4 Å². The molecule has 0 saturated carbocycles. The number of urea groups is 1. The average Bonchev–Trinajstić information content (AvgIpc) is 2.94. The highest BCUT2D eigenvalue weighted by atomic mass is 19.1. The number of halogens is 2. The van der Waals surface area contributed by atoms with Crippen molar-refractivity contribution in [3.63, 3.8) is 0 Å². The third-order valence-corrected chi connectivity index (χ3v) is 3.36. The van der Waals surface area contributed by atoms with Crippen LogP contribution >= 0.6 is 0 Å². The van der Waals surface area contributed by atoms with Gasteiger partial charge in [-0.05, 0) is 18.6 Å². The van der Waals surface area contributed by atoms with Gasteiger partial charge in [0.25, 0.3) is 0 Å². The van der Waals surface area contributed by atoms with Crippen LogP contribution in [0.5, 0.6) is 5.75 Å². The van der Waals surface area contributed by atoms with Crippen LogP contribution < -0.4 is 10.1 Å². The summed E-state index contributed by atoms with van der Waals surface area (Å²) in [6.45, 7) is 1.54. The molecule has 1 saturated heterocycles. The third kappa shape index (κ3) is 4.29. The summed E-state index contributed by atoms with van der Waals surface area (Å²) in [6, 6.07) is 2.83. The van der Waals surface area contributed by atoms with Gasteiger partial charge >= 0.3 is 6.03 Å². The SMILES string of the molecule is O=C(NCCOc1ccc(F)cc1F)N1CCC(CO)C1. The number of amides is 2. The van der Waals surface area contributed by atoms with Gasteiger partial charge in [0.05, 0.1) is 6.54 Å². The Morgan fingerprint density at radius 3 is 2.95 bits per heavy atom. The number of likely N-dealkylation sites (tertiary alicyclic amines) is 1. The number of hydrogen-bond acceptors (Lipinski definition) is 3. The van der Waals surface area contributed by atoms with Crippen LogP contribution in [0.2, 0.25) is 0 Å². The zero-order chi connectivity index (χ0) is 15.2. The number of aliphatic hydroxyl groups excluding tert-OH is 1. The van der Waals surface area contributed by atoms with Crippen LogP contribution in [0, 0.1) is 17.6 Å². The maximum atomic E-state index is 13.3. The quantitative estimate of drug-likeness (QED) is 0.807. The van der Waals surface area contributed by atoms with Gasteiger partial charge in [-0.25, -0.2) is 13.6 Å². The fourth-order valence-corrected chi connectivity index (χ4v) is 2.19. The molecular formula is C14H18F2N2O3. The predicted octanol–water partition coefficient (Wildman–Crippen LogP) is 1.37. The predicted molar refractivity (Wildman–Crippen MR) is 72.0 cm³/mol. The van der Waals surface area contributed by atoms with Gasteiger partial charge in [-0.2, -0.15) is 0 Å². The molecule has 1 aliphatic rings. The molecule has 2 rings (SSSR count). The number of carbonyl (C=O) groups is 1. The minimum atomic E-state index is -0.772. The molecule has 1 aliphatic heterocycles. The molecule has 1 aromatic carbocycles. The number of ether oxygens (including phenoxy) is 1. The fourth-order valence-electron chi connectivity index (χ4n) is 2.19. The highest BCUT2D eigenvalue weighted by molar-refractivity contribution is 5.74. The summed E-state index contributed by atoms with van der Waals surface area (Å²) in [5, 5.41) is 11.7. The van der Waals surface area contributed by atoms with Crippen LogP contribution in [-0.4, -0.2) is 48.9 Å². The molecule has 21 heavy (non-hydrogen) atoms. The lowest BCUT2D eigenvalue weighted by Crippen LogP contribution is -2.40. The molecule has 1 aromatic rings. The topological polar surface area (TPSA) is 61.8 Å². The zero-order valence-corrected chi connectivity index (χ0v) is 11.5. The van der Waals surface area contributed by atoms with Crippen LogP contribution in [0.15, 0.2) is 18.2 Å². The number of benzene rings is 1. The summed E-state index contributed by atoms with van der Waals surface area (Å²) in [4.78, 5) is 13.4. The highest BCUT2D eigenvalue weighted by Gasteiger charge is 2.25. The van der Waals surface area contributed by atoms with Gasteiger partial charge in [-0.15, -0.1) is 0 Å². The van der Waals surface area contributed by atoms with E-state index in [9.17, 15) is 13.6 Å². The molecule has 0 bridgehead atoms. The van der Waals surface area contributed by atoms with Gasteiger partial charge in [0, 0.05) is 31.7 Å². The van der Waals surface area contributed by atoms with Crippen molar-refractivity contribution in [3.05, 3.63) is 29.8 Å². The fraction of sp³-hybridized carbons (Fsp3) is 0.500. The van der Waals surface area contributed by atoms with Crippen molar-refractivity contribution in [1.82, 2.24) is 10.2 Å². The number of aliphatic hydroxyl groups is 1. The molecule has 7 heteroatoms. The Kier molecular flexibility index (Phi) is 5.32. The van der Waals surface area contributed by atoms with Crippen molar-refractivity contribution in [2.75, 3.05) is 32.8 Å². The molecule has 5 nitrogen and oxygen atoms in total. The summed E-state index contributed by atoms with van der Waals surface area (Å²) in [5.41, 5.74) is 0. The summed E-state index contributed by atoms with van der Waals surface area (Å²) < 4.78 is 31.1. The van der Waals surface area contributed by atoms with Crippen molar-refractivity contribution >= 4 is 6.03 Å². The summed E-state index contributed by atoms with van der Waals surface area (Å²) >= 11 is 0. The van der Waals surface area contributed by atoms with Crippen LogP contribution in [0.25, 0.3) is 0 Å². The molecular weight excluding hydrogens is 282 g/mol. The monoisotopic (exact) mass is 300 g/mol. The Morgan fingerprint density at radius 2 is 2.29 bits per heavy atom. The Morgan fingerprint density at radius 1 is 1.48 bits per heavy atom. The van der Waals surface area contributed by atoms with Gasteiger partial charge < -0.3 is 20.1 Å². The smallest absolute Gasteiger partial charge is 0.317 e. The normalized spacial score (nSPS) is 17.9. The molecule has 116 valence electrons. The standard InChI is InChI=1S/C14H18F2N2O3/c15-11-1-2-13(12(16)7-11)21-6-4-17-14(20)18-5-3-10(8-18)9-19/h1-2,7,10,19H,3-6,8-9H2,(H,17,20). The Labute approximate surface area is 121 Å². The van der Waals surface area contributed by atoms with Crippen LogP contribution in [0.3, 0.4) is 0 Å². The van der Waals surface area contributed by atoms with Crippen molar-refractivity contribution in [2.24, 2.45) is 5.92 Å². The number of carbonyl (C=O) groups excluding carboxylic acids is 1. The minimum absolute atomic E-state index is 0.0489. The van der Waals surface area contributed by atoms with E-state index in [0.717, 1.165) is 18.6 Å². The molecule has 2 amide bonds. The molecule has 1 heterocycles. The van der Waals surface area contributed by atoms with Gasteiger partial charge in [0.2, 0.25) is 0 Å². The lowest BCUT2D eigenvalue weighted by Gasteiger charge is -2.17. The van der Waals surface area contributed by atoms with Crippen molar-refractivity contribution < 1.29 is 23.4 Å². The van der Waals surface area contributed by atoms with E-state index in [2.05, 4.69) is 5.32 Å². The second-order valence-electron chi connectivity index (χ2n) is 4.94. The first-order valence-electron chi connectivity index (χ1n) is 6.81. The van der Waals surface area contributed by atoms with Crippen molar-refractivity contribution in [1.29, 1.82) is 0 Å². The highest BCUT2D eigenvalue weighted by Crippen LogP contribution is 2.17. The van der Waals surface area contributed by atoms with E-state index in [0.29, 0.717) is 13.1 Å². The van der Waals surface area contributed by atoms with E-state index in [1.54, 1.807) is 4.90 Å². The molecule has 0 aromatic heterocycles. The molecule has 1 unspecified atom stereocenters. The van der Waals surface area contributed by atoms with Gasteiger partial charge in [0.15, 0.2) is 11.6 Å². The lowest BCUT2D eigenvalue weighted by molar-refractivity contribution is 0.195. The molecule has 0 aliphatic carbocycles. The number of rotatable bonds is 5. The van der Waals surface area contributed by atoms with Crippen molar-refractivity contribution in [2.45, 2.75) is 6.42 Å². The minimum Gasteiger partial charge on any atom is -0.489 e. The maximum Gasteiger partial charge on any atom is 0.317 e. The Bertz CT molecular complexity index is 499. The third-order valence-electron chi connectivity index (χ3n) is 3.36. The van der Waals surface area contributed by atoms with E-state index in [1.807, 2.05) is 0 Å². The number of hydrogen-bond donors (Lipinski definition) is 2. The van der Waals surface area contributed by atoms with Gasteiger partial charge in [-0.3, -0.25) is 0 Å². The van der Waals surface area contributed by atoms with Crippen LogP contribution in [0.4, 0.5) is 13.6 Å². The zero-order valence-electron chi connectivity index (χ0n) is 11.5. The van der Waals surface area contributed by atoms with E-state index < -0.39 is 11.6 Å². The van der Waals surface area contributed by atoms with Crippen LogP contribution in [-0.2, 0) is 0 Å². The molecule has 1 fully saturated rings. The maximum absolute atomic E-state index is 13.3. The molecule has 1 atom stereocenters.